The van der Waals surface area contributed by atoms with Crippen LogP contribution in [0.1, 0.15) is 39.5 Å². The van der Waals surface area contributed by atoms with E-state index in [1.165, 1.54) is 6.92 Å². The molecule has 0 aromatic carbocycles. The molecule has 1 fully saturated rings. The van der Waals surface area contributed by atoms with Crippen molar-refractivity contribution in [3.63, 3.8) is 0 Å². The summed E-state index contributed by atoms with van der Waals surface area (Å²) in [6.45, 7) is 4.10. The van der Waals surface area contributed by atoms with Gasteiger partial charge in [-0.2, -0.15) is 0 Å². The number of rotatable bonds is 2. The van der Waals surface area contributed by atoms with Crippen molar-refractivity contribution in [2.45, 2.75) is 45.1 Å². The second-order valence-electron chi connectivity index (χ2n) is 4.32. The first-order chi connectivity index (χ1) is 6.02. The largest absolute Gasteiger partial charge is 0.388 e. The highest BCUT2D eigenvalue weighted by Crippen LogP contribution is 2.31. The molecule has 0 bridgehead atoms. The fourth-order valence-corrected chi connectivity index (χ4v) is 1.77. The fourth-order valence-electron chi connectivity index (χ4n) is 1.77. The zero-order valence-corrected chi connectivity index (χ0v) is 8.47. The Morgan fingerprint density at radius 3 is 2.54 bits per heavy atom. The van der Waals surface area contributed by atoms with E-state index in [4.69, 9.17) is 0 Å². The van der Waals surface area contributed by atoms with E-state index in [1.807, 2.05) is 0 Å². The number of carbonyl (C=O) groups excluding carboxylic acids is 1. The lowest BCUT2D eigenvalue weighted by molar-refractivity contribution is -0.120. The Morgan fingerprint density at radius 1 is 1.54 bits per heavy atom. The fraction of sp³-hybridized carbons (Fsp3) is 0.900. The summed E-state index contributed by atoms with van der Waals surface area (Å²) in [5, 5.41) is 12.7. The molecule has 0 heterocycles. The van der Waals surface area contributed by atoms with Crippen LogP contribution in [0.3, 0.4) is 0 Å². The maximum atomic E-state index is 10.7. The molecule has 76 valence electrons. The van der Waals surface area contributed by atoms with Crippen LogP contribution in [0, 0.1) is 5.92 Å². The van der Waals surface area contributed by atoms with Crippen molar-refractivity contribution in [3.8, 4) is 0 Å². The molecule has 3 heteroatoms. The van der Waals surface area contributed by atoms with Gasteiger partial charge in [0.25, 0.3) is 0 Å². The zero-order valence-electron chi connectivity index (χ0n) is 8.47. The van der Waals surface area contributed by atoms with Gasteiger partial charge >= 0.3 is 0 Å². The molecule has 1 rings (SSSR count). The summed E-state index contributed by atoms with van der Waals surface area (Å²) >= 11 is 0. The van der Waals surface area contributed by atoms with E-state index in [1.54, 1.807) is 0 Å². The highest BCUT2D eigenvalue weighted by Gasteiger charge is 2.31. The Balaban J connectivity index is 2.34. The summed E-state index contributed by atoms with van der Waals surface area (Å²) < 4.78 is 0. The Morgan fingerprint density at radius 2 is 2.08 bits per heavy atom. The molecule has 0 radical (unpaired) electrons. The maximum absolute atomic E-state index is 10.7. The van der Waals surface area contributed by atoms with Crippen molar-refractivity contribution in [1.29, 1.82) is 0 Å². The predicted molar refractivity (Wildman–Crippen MR) is 51.3 cm³/mol. The van der Waals surface area contributed by atoms with Crippen molar-refractivity contribution >= 4 is 5.91 Å². The first-order valence-electron chi connectivity index (χ1n) is 4.99. The number of nitrogens with one attached hydrogen (secondary N) is 1. The van der Waals surface area contributed by atoms with Crippen molar-refractivity contribution in [1.82, 2.24) is 5.32 Å². The van der Waals surface area contributed by atoms with E-state index in [-0.39, 0.29) is 5.91 Å². The SMILES string of the molecule is CC(=O)NCC1(O)CCC(C)CC1. The summed E-state index contributed by atoms with van der Waals surface area (Å²) in [5.41, 5.74) is -0.641. The lowest BCUT2D eigenvalue weighted by atomic mass is 9.79. The molecule has 0 atom stereocenters. The lowest BCUT2D eigenvalue weighted by Gasteiger charge is -2.34. The van der Waals surface area contributed by atoms with Gasteiger partial charge in [0.15, 0.2) is 0 Å². The number of aliphatic hydroxyl groups is 1. The third-order valence-corrected chi connectivity index (χ3v) is 2.87. The molecule has 1 aliphatic rings. The monoisotopic (exact) mass is 185 g/mol. The van der Waals surface area contributed by atoms with Gasteiger partial charge < -0.3 is 10.4 Å². The van der Waals surface area contributed by atoms with Crippen molar-refractivity contribution in [2.24, 2.45) is 5.92 Å². The molecule has 1 amide bonds. The molecular weight excluding hydrogens is 166 g/mol. The third-order valence-electron chi connectivity index (χ3n) is 2.87. The van der Waals surface area contributed by atoms with Gasteiger partial charge in [-0.05, 0) is 31.6 Å². The van der Waals surface area contributed by atoms with E-state index in [9.17, 15) is 9.90 Å². The van der Waals surface area contributed by atoms with Crippen molar-refractivity contribution in [3.05, 3.63) is 0 Å². The molecular formula is C10H19NO2. The van der Waals surface area contributed by atoms with Crippen LogP contribution in [0.2, 0.25) is 0 Å². The lowest BCUT2D eigenvalue weighted by Crippen LogP contribution is -2.44. The molecule has 13 heavy (non-hydrogen) atoms. The molecule has 0 unspecified atom stereocenters. The minimum Gasteiger partial charge on any atom is -0.388 e. The van der Waals surface area contributed by atoms with Crippen LogP contribution in [-0.4, -0.2) is 23.2 Å². The first kappa shape index (κ1) is 10.5. The topological polar surface area (TPSA) is 49.3 Å². The molecule has 3 nitrogen and oxygen atoms in total. The van der Waals surface area contributed by atoms with Crippen molar-refractivity contribution < 1.29 is 9.90 Å². The van der Waals surface area contributed by atoms with E-state index in [0.29, 0.717) is 6.54 Å². The normalized spacial score (nSPS) is 34.2. The van der Waals surface area contributed by atoms with Crippen LogP contribution in [0.4, 0.5) is 0 Å². The average molecular weight is 185 g/mol. The number of carbonyl (C=O) groups is 1. The van der Waals surface area contributed by atoms with E-state index < -0.39 is 5.60 Å². The number of hydrogen-bond acceptors (Lipinski definition) is 2. The third kappa shape index (κ3) is 3.35. The standard InChI is InChI=1S/C10H19NO2/c1-8-3-5-10(13,6-4-8)7-11-9(2)12/h8,13H,3-7H2,1-2H3,(H,11,12). The molecule has 0 aromatic rings. The van der Waals surface area contributed by atoms with Crippen LogP contribution >= 0.6 is 0 Å². The maximum Gasteiger partial charge on any atom is 0.216 e. The van der Waals surface area contributed by atoms with Gasteiger partial charge in [0.1, 0.15) is 0 Å². The van der Waals surface area contributed by atoms with Crippen molar-refractivity contribution in [2.75, 3.05) is 6.54 Å². The quantitative estimate of drug-likeness (QED) is 0.676. The van der Waals surface area contributed by atoms with Gasteiger partial charge in [-0.1, -0.05) is 6.92 Å². The predicted octanol–water partition coefficient (Wildman–Crippen LogP) is 1.06. The Hall–Kier alpha value is -0.570. The summed E-state index contributed by atoms with van der Waals surface area (Å²) in [7, 11) is 0. The molecule has 0 spiro atoms. The van der Waals surface area contributed by atoms with Gasteiger partial charge in [0.05, 0.1) is 5.60 Å². The Labute approximate surface area is 79.5 Å². The summed E-state index contributed by atoms with van der Waals surface area (Å²) in [5.74, 6) is 0.657. The molecule has 1 saturated carbocycles. The first-order valence-corrected chi connectivity index (χ1v) is 4.99. The Bertz CT molecular complexity index is 183. The summed E-state index contributed by atoms with van der Waals surface area (Å²) in [6.07, 6.45) is 3.76. The van der Waals surface area contributed by atoms with Gasteiger partial charge in [-0.3, -0.25) is 4.79 Å². The average Bonchev–Trinajstić information content (AvgIpc) is 2.08. The highest BCUT2D eigenvalue weighted by atomic mass is 16.3. The van der Waals surface area contributed by atoms with Gasteiger partial charge in [0.2, 0.25) is 5.91 Å². The Kier molecular flexibility index (Phi) is 3.31. The minimum atomic E-state index is -0.641. The van der Waals surface area contributed by atoms with Crippen LogP contribution in [0.15, 0.2) is 0 Å². The van der Waals surface area contributed by atoms with Crippen LogP contribution in [0.25, 0.3) is 0 Å². The van der Waals surface area contributed by atoms with Crippen LogP contribution < -0.4 is 5.32 Å². The smallest absolute Gasteiger partial charge is 0.216 e. The second-order valence-corrected chi connectivity index (χ2v) is 4.32. The van der Waals surface area contributed by atoms with Gasteiger partial charge in [0, 0.05) is 13.5 Å². The zero-order chi connectivity index (χ0) is 9.90. The molecule has 0 aliphatic heterocycles. The minimum absolute atomic E-state index is 0.0629. The molecule has 2 N–H and O–H groups in total. The summed E-state index contributed by atoms with van der Waals surface area (Å²) in [4.78, 5) is 10.7. The summed E-state index contributed by atoms with van der Waals surface area (Å²) in [6, 6.07) is 0. The van der Waals surface area contributed by atoms with Gasteiger partial charge in [-0.25, -0.2) is 0 Å². The second kappa shape index (κ2) is 4.09. The molecule has 1 aliphatic carbocycles. The molecule has 0 aromatic heterocycles. The van der Waals surface area contributed by atoms with Crippen LogP contribution in [0.5, 0.6) is 0 Å². The van der Waals surface area contributed by atoms with E-state index >= 15 is 0 Å². The number of hydrogen-bond donors (Lipinski definition) is 2. The number of amides is 1. The van der Waals surface area contributed by atoms with Gasteiger partial charge in [-0.15, -0.1) is 0 Å². The molecule has 0 saturated heterocycles. The highest BCUT2D eigenvalue weighted by molar-refractivity contribution is 5.72. The van der Waals surface area contributed by atoms with E-state index in [2.05, 4.69) is 12.2 Å². The van der Waals surface area contributed by atoms with E-state index in [0.717, 1.165) is 31.6 Å². The van der Waals surface area contributed by atoms with Crippen LogP contribution in [-0.2, 0) is 4.79 Å².